The number of nitrogens with one attached hydrogen (secondary N) is 1. The Kier molecular flexibility index (Phi) is 5.47. The molecule has 0 amide bonds. The number of aliphatic imine (C=N–C) groups is 1. The highest BCUT2D eigenvalue weighted by molar-refractivity contribution is 5.80. The van der Waals surface area contributed by atoms with E-state index in [9.17, 15) is 4.39 Å². The minimum Gasteiger partial charge on any atom is -0.381 e. The van der Waals surface area contributed by atoms with E-state index in [0.29, 0.717) is 17.6 Å². The van der Waals surface area contributed by atoms with Crippen molar-refractivity contribution in [2.24, 2.45) is 10.4 Å². The van der Waals surface area contributed by atoms with Gasteiger partial charge in [0.15, 0.2) is 5.96 Å². The summed E-state index contributed by atoms with van der Waals surface area (Å²) in [4.78, 5) is 8.85. The van der Waals surface area contributed by atoms with Gasteiger partial charge in [-0.15, -0.1) is 0 Å². The fraction of sp³-hybridized carbons (Fsp3) is 0.632. The van der Waals surface area contributed by atoms with Crippen LogP contribution < -0.4 is 10.2 Å². The Morgan fingerprint density at radius 1 is 1.40 bits per heavy atom. The molecule has 1 N–H and O–H groups in total. The first-order valence-corrected chi connectivity index (χ1v) is 9.10. The lowest BCUT2D eigenvalue weighted by molar-refractivity contribution is 0.156. The lowest BCUT2D eigenvalue weighted by atomic mass is 9.87. The molecule has 1 spiro atoms. The van der Waals surface area contributed by atoms with E-state index < -0.39 is 0 Å². The van der Waals surface area contributed by atoms with Gasteiger partial charge in [0.2, 0.25) is 0 Å². The van der Waals surface area contributed by atoms with Gasteiger partial charge in [-0.05, 0) is 37.5 Å². The third kappa shape index (κ3) is 4.06. The van der Waals surface area contributed by atoms with Gasteiger partial charge in [0.1, 0.15) is 5.82 Å². The Morgan fingerprint density at radius 2 is 2.24 bits per heavy atom. The number of hydrogen-bond donors (Lipinski definition) is 1. The van der Waals surface area contributed by atoms with Crippen molar-refractivity contribution in [2.45, 2.75) is 26.3 Å². The molecule has 138 valence electrons. The standard InChI is InChI=1S/C19H29FN4O/c1-4-21-18(24-9-7-19(13-24)8-10-25-14-19)22-12-15-5-6-17(23(2)3)16(20)11-15/h5-6,11H,4,7-10,12-14H2,1-3H3,(H,21,22). The lowest BCUT2D eigenvalue weighted by Crippen LogP contribution is -2.41. The second-order valence-corrected chi connectivity index (χ2v) is 7.32. The molecule has 25 heavy (non-hydrogen) atoms. The molecule has 2 aliphatic rings. The van der Waals surface area contributed by atoms with E-state index in [2.05, 4.69) is 17.1 Å². The number of halogens is 1. The highest BCUT2D eigenvalue weighted by atomic mass is 19.1. The quantitative estimate of drug-likeness (QED) is 0.670. The van der Waals surface area contributed by atoms with Gasteiger partial charge >= 0.3 is 0 Å². The maximum Gasteiger partial charge on any atom is 0.194 e. The Balaban J connectivity index is 1.69. The molecule has 1 aromatic carbocycles. The topological polar surface area (TPSA) is 40.1 Å². The Morgan fingerprint density at radius 3 is 2.88 bits per heavy atom. The summed E-state index contributed by atoms with van der Waals surface area (Å²) in [7, 11) is 3.69. The van der Waals surface area contributed by atoms with Crippen molar-refractivity contribution in [3.05, 3.63) is 29.6 Å². The van der Waals surface area contributed by atoms with Crippen LogP contribution in [0.25, 0.3) is 0 Å². The summed E-state index contributed by atoms with van der Waals surface area (Å²) in [5.41, 5.74) is 1.79. The monoisotopic (exact) mass is 348 g/mol. The zero-order valence-electron chi connectivity index (χ0n) is 15.5. The van der Waals surface area contributed by atoms with Crippen LogP contribution in [0.1, 0.15) is 25.3 Å². The lowest BCUT2D eigenvalue weighted by Gasteiger charge is -2.25. The molecule has 0 radical (unpaired) electrons. The largest absolute Gasteiger partial charge is 0.381 e. The van der Waals surface area contributed by atoms with E-state index in [-0.39, 0.29) is 5.82 Å². The summed E-state index contributed by atoms with van der Waals surface area (Å²) in [6.45, 7) is 7.11. The summed E-state index contributed by atoms with van der Waals surface area (Å²) in [6, 6.07) is 5.34. The van der Waals surface area contributed by atoms with Gasteiger partial charge in [-0.3, -0.25) is 0 Å². The third-order valence-electron chi connectivity index (χ3n) is 5.16. The normalized spacial score (nSPS) is 23.5. The highest BCUT2D eigenvalue weighted by Crippen LogP contribution is 2.38. The van der Waals surface area contributed by atoms with Crippen molar-refractivity contribution in [3.8, 4) is 0 Å². The van der Waals surface area contributed by atoms with Crippen molar-refractivity contribution in [3.63, 3.8) is 0 Å². The maximum absolute atomic E-state index is 14.1. The van der Waals surface area contributed by atoms with Crippen LogP contribution in [-0.2, 0) is 11.3 Å². The predicted molar refractivity (Wildman–Crippen MR) is 99.6 cm³/mol. The second kappa shape index (κ2) is 7.60. The van der Waals surface area contributed by atoms with E-state index in [1.54, 1.807) is 11.0 Å². The molecule has 2 heterocycles. The van der Waals surface area contributed by atoms with Gasteiger partial charge in [0, 0.05) is 45.8 Å². The van der Waals surface area contributed by atoms with Crippen LogP contribution in [0.15, 0.2) is 23.2 Å². The highest BCUT2D eigenvalue weighted by Gasteiger charge is 2.42. The molecule has 2 aliphatic heterocycles. The molecular weight excluding hydrogens is 319 g/mol. The zero-order chi connectivity index (χ0) is 17.9. The van der Waals surface area contributed by atoms with Crippen LogP contribution in [0.3, 0.4) is 0 Å². The summed E-state index contributed by atoms with van der Waals surface area (Å²) < 4.78 is 19.8. The van der Waals surface area contributed by atoms with Gasteiger partial charge in [0.05, 0.1) is 18.8 Å². The van der Waals surface area contributed by atoms with E-state index >= 15 is 0 Å². The molecule has 0 bridgehead atoms. The Bertz CT molecular complexity index is 626. The molecule has 2 fully saturated rings. The SMILES string of the molecule is CCNC(=NCc1ccc(N(C)C)c(F)c1)N1CCC2(CCOC2)C1. The summed E-state index contributed by atoms with van der Waals surface area (Å²) in [6.07, 6.45) is 2.30. The first-order chi connectivity index (χ1) is 12.0. The van der Waals surface area contributed by atoms with Gasteiger partial charge in [-0.25, -0.2) is 9.38 Å². The number of nitrogens with zero attached hydrogens (tertiary/aromatic N) is 3. The Labute approximate surface area is 149 Å². The fourth-order valence-electron chi connectivity index (χ4n) is 3.69. The molecular formula is C19H29FN4O. The van der Waals surface area contributed by atoms with Crippen LogP contribution in [0, 0.1) is 11.2 Å². The number of anilines is 1. The van der Waals surface area contributed by atoms with Crippen LogP contribution in [0.4, 0.5) is 10.1 Å². The molecule has 0 aliphatic carbocycles. The number of benzene rings is 1. The van der Waals surface area contributed by atoms with Crippen molar-refractivity contribution in [1.82, 2.24) is 10.2 Å². The number of hydrogen-bond acceptors (Lipinski definition) is 3. The molecule has 1 aromatic rings. The van der Waals surface area contributed by atoms with Crippen molar-refractivity contribution in [1.29, 1.82) is 0 Å². The molecule has 5 nitrogen and oxygen atoms in total. The van der Waals surface area contributed by atoms with E-state index in [4.69, 9.17) is 9.73 Å². The predicted octanol–water partition coefficient (Wildman–Crippen LogP) is 2.47. The number of rotatable bonds is 4. The van der Waals surface area contributed by atoms with Crippen molar-refractivity contribution >= 4 is 11.6 Å². The average Bonchev–Trinajstić information content (AvgIpc) is 3.21. The van der Waals surface area contributed by atoms with E-state index in [1.807, 2.05) is 26.2 Å². The van der Waals surface area contributed by atoms with Crippen molar-refractivity contribution < 1.29 is 9.13 Å². The first-order valence-electron chi connectivity index (χ1n) is 9.10. The molecule has 1 unspecified atom stereocenters. The van der Waals surface area contributed by atoms with Crippen LogP contribution in [0.2, 0.25) is 0 Å². The van der Waals surface area contributed by atoms with Gasteiger partial charge in [-0.1, -0.05) is 6.07 Å². The molecule has 1 atom stereocenters. The third-order valence-corrected chi connectivity index (χ3v) is 5.16. The zero-order valence-corrected chi connectivity index (χ0v) is 15.5. The number of likely N-dealkylation sites (tertiary alicyclic amines) is 1. The molecule has 0 aromatic heterocycles. The average molecular weight is 348 g/mol. The van der Waals surface area contributed by atoms with Gasteiger partial charge in [0.25, 0.3) is 0 Å². The van der Waals surface area contributed by atoms with Crippen LogP contribution in [0.5, 0.6) is 0 Å². The molecule has 2 saturated heterocycles. The van der Waals surface area contributed by atoms with Gasteiger partial charge < -0.3 is 19.9 Å². The van der Waals surface area contributed by atoms with Gasteiger partial charge in [-0.2, -0.15) is 0 Å². The number of ether oxygens (including phenoxy) is 1. The smallest absolute Gasteiger partial charge is 0.194 e. The summed E-state index contributed by atoms with van der Waals surface area (Å²) in [5, 5.41) is 3.38. The Hall–Kier alpha value is -1.82. The minimum absolute atomic E-state index is 0.203. The molecule has 6 heteroatoms. The fourth-order valence-corrected chi connectivity index (χ4v) is 3.69. The van der Waals surface area contributed by atoms with Crippen LogP contribution >= 0.6 is 0 Å². The number of guanidine groups is 1. The first kappa shape index (κ1) is 18.0. The maximum atomic E-state index is 14.1. The molecule has 0 saturated carbocycles. The molecule has 3 rings (SSSR count). The van der Waals surface area contributed by atoms with E-state index in [1.165, 1.54) is 0 Å². The summed E-state index contributed by atoms with van der Waals surface area (Å²) >= 11 is 0. The van der Waals surface area contributed by atoms with Crippen molar-refractivity contribution in [2.75, 3.05) is 51.8 Å². The van der Waals surface area contributed by atoms with Crippen LogP contribution in [-0.4, -0.2) is 57.8 Å². The minimum atomic E-state index is -0.203. The van der Waals surface area contributed by atoms with E-state index in [0.717, 1.165) is 57.2 Å². The second-order valence-electron chi connectivity index (χ2n) is 7.32. The summed E-state index contributed by atoms with van der Waals surface area (Å²) in [5.74, 6) is 0.717.